The second kappa shape index (κ2) is 6.19. The highest BCUT2D eigenvalue weighted by atomic mass is 32.1. The number of aryl methyl sites for hydroxylation is 1. The number of ether oxygens (including phenoxy) is 1. The molecule has 0 spiro atoms. The van der Waals surface area contributed by atoms with E-state index in [0.717, 1.165) is 5.69 Å². The van der Waals surface area contributed by atoms with Crippen molar-refractivity contribution in [3.8, 4) is 5.75 Å². The van der Waals surface area contributed by atoms with Gasteiger partial charge in [0, 0.05) is 11.8 Å². The average Bonchev–Trinajstić information content (AvgIpc) is 2.81. The molecule has 19 heavy (non-hydrogen) atoms. The van der Waals surface area contributed by atoms with Crippen LogP contribution in [-0.2, 0) is 0 Å². The lowest BCUT2D eigenvalue weighted by Crippen LogP contribution is -2.27. The summed E-state index contributed by atoms with van der Waals surface area (Å²) in [7, 11) is 0. The number of nitrogens with one attached hydrogen (secondary N) is 1. The van der Waals surface area contributed by atoms with Crippen molar-refractivity contribution in [3.63, 3.8) is 0 Å². The average molecular weight is 277 g/mol. The van der Waals surface area contributed by atoms with E-state index in [2.05, 4.69) is 10.3 Å². The maximum Gasteiger partial charge on any atom is 0.263 e. The Kier molecular flexibility index (Phi) is 4.35. The minimum absolute atomic E-state index is 0.115. The summed E-state index contributed by atoms with van der Waals surface area (Å²) in [4.78, 5) is 16.5. The monoisotopic (exact) mass is 277 g/mol. The Morgan fingerprint density at radius 3 is 3.05 bits per heavy atom. The molecule has 1 amide bonds. The molecule has 0 aliphatic carbocycles. The summed E-state index contributed by atoms with van der Waals surface area (Å²) < 4.78 is 5.48. The molecular formula is C13H15N3O2S. The lowest BCUT2D eigenvalue weighted by atomic mass is 10.3. The Labute approximate surface area is 115 Å². The van der Waals surface area contributed by atoms with Crippen LogP contribution in [0.1, 0.15) is 15.4 Å². The van der Waals surface area contributed by atoms with Gasteiger partial charge in [-0.25, -0.2) is 4.98 Å². The first-order chi connectivity index (χ1) is 9.16. The number of hydrogen-bond acceptors (Lipinski definition) is 5. The van der Waals surface area contributed by atoms with Crippen LogP contribution in [0.2, 0.25) is 0 Å². The molecular weight excluding hydrogens is 262 g/mol. The topological polar surface area (TPSA) is 77.2 Å². The predicted octanol–water partition coefficient (Wildman–Crippen LogP) is 1.84. The fraction of sp³-hybridized carbons (Fsp3) is 0.231. The SMILES string of the molecule is Cc1ncsc1C(=O)NCCOc1cccc(N)c1. The minimum atomic E-state index is -0.115. The highest BCUT2D eigenvalue weighted by Gasteiger charge is 2.10. The lowest BCUT2D eigenvalue weighted by Gasteiger charge is -2.07. The Bertz CT molecular complexity index is 569. The molecule has 0 radical (unpaired) electrons. The zero-order valence-corrected chi connectivity index (χ0v) is 11.4. The quantitative estimate of drug-likeness (QED) is 0.646. The van der Waals surface area contributed by atoms with Gasteiger partial charge in [0.15, 0.2) is 0 Å². The molecule has 2 rings (SSSR count). The smallest absolute Gasteiger partial charge is 0.263 e. The van der Waals surface area contributed by atoms with E-state index >= 15 is 0 Å². The van der Waals surface area contributed by atoms with E-state index in [9.17, 15) is 4.79 Å². The molecule has 0 bridgehead atoms. The Hall–Kier alpha value is -2.08. The van der Waals surface area contributed by atoms with Gasteiger partial charge in [-0.1, -0.05) is 6.07 Å². The third-order valence-corrected chi connectivity index (χ3v) is 3.39. The summed E-state index contributed by atoms with van der Waals surface area (Å²) in [5.74, 6) is 0.583. The molecule has 6 heteroatoms. The molecule has 0 saturated heterocycles. The zero-order valence-electron chi connectivity index (χ0n) is 10.6. The molecule has 0 unspecified atom stereocenters. The molecule has 2 aromatic rings. The molecule has 0 aliphatic heterocycles. The predicted molar refractivity (Wildman–Crippen MR) is 75.5 cm³/mol. The molecule has 1 aromatic heterocycles. The van der Waals surface area contributed by atoms with Crippen molar-refractivity contribution in [2.24, 2.45) is 0 Å². The van der Waals surface area contributed by atoms with Crippen molar-refractivity contribution < 1.29 is 9.53 Å². The zero-order chi connectivity index (χ0) is 13.7. The van der Waals surface area contributed by atoms with Gasteiger partial charge in [0.05, 0.1) is 17.7 Å². The Balaban J connectivity index is 1.75. The standard InChI is InChI=1S/C13H15N3O2S/c1-9-12(19-8-16-9)13(17)15-5-6-18-11-4-2-3-10(14)7-11/h2-4,7-8H,5-6,14H2,1H3,(H,15,17). The second-order valence-corrected chi connectivity index (χ2v) is 4.80. The van der Waals surface area contributed by atoms with Crippen LogP contribution in [0.4, 0.5) is 5.69 Å². The molecule has 3 N–H and O–H groups in total. The van der Waals surface area contributed by atoms with Gasteiger partial charge in [-0.3, -0.25) is 4.79 Å². The van der Waals surface area contributed by atoms with Crippen LogP contribution >= 0.6 is 11.3 Å². The number of anilines is 1. The van der Waals surface area contributed by atoms with Crippen LogP contribution in [0.25, 0.3) is 0 Å². The van der Waals surface area contributed by atoms with Crippen molar-refractivity contribution in [2.75, 3.05) is 18.9 Å². The van der Waals surface area contributed by atoms with E-state index in [0.29, 0.717) is 29.5 Å². The molecule has 0 saturated carbocycles. The van der Waals surface area contributed by atoms with Crippen LogP contribution in [0.3, 0.4) is 0 Å². The number of carbonyl (C=O) groups excluding carboxylic acids is 1. The number of benzene rings is 1. The van der Waals surface area contributed by atoms with E-state index in [1.54, 1.807) is 17.6 Å². The van der Waals surface area contributed by atoms with Gasteiger partial charge < -0.3 is 15.8 Å². The molecule has 0 atom stereocenters. The molecule has 1 aromatic carbocycles. The second-order valence-electron chi connectivity index (χ2n) is 3.94. The number of nitrogens with zero attached hydrogens (tertiary/aromatic N) is 1. The summed E-state index contributed by atoms with van der Waals surface area (Å²) in [6, 6.07) is 7.19. The van der Waals surface area contributed by atoms with Gasteiger partial charge in [0.2, 0.25) is 0 Å². The van der Waals surface area contributed by atoms with E-state index in [1.165, 1.54) is 11.3 Å². The van der Waals surface area contributed by atoms with Crippen molar-refractivity contribution in [2.45, 2.75) is 6.92 Å². The minimum Gasteiger partial charge on any atom is -0.492 e. The fourth-order valence-corrected chi connectivity index (χ4v) is 2.26. The Morgan fingerprint density at radius 1 is 1.53 bits per heavy atom. The number of nitrogen functional groups attached to an aromatic ring is 1. The summed E-state index contributed by atoms with van der Waals surface area (Å²) in [6.07, 6.45) is 0. The maximum atomic E-state index is 11.8. The number of thiazole rings is 1. The molecule has 0 aliphatic rings. The first-order valence-electron chi connectivity index (χ1n) is 5.83. The van der Waals surface area contributed by atoms with E-state index in [4.69, 9.17) is 10.5 Å². The van der Waals surface area contributed by atoms with Crippen LogP contribution in [-0.4, -0.2) is 24.0 Å². The number of rotatable bonds is 5. The molecule has 5 nitrogen and oxygen atoms in total. The largest absolute Gasteiger partial charge is 0.492 e. The van der Waals surface area contributed by atoms with Crippen LogP contribution in [0, 0.1) is 6.92 Å². The van der Waals surface area contributed by atoms with E-state index < -0.39 is 0 Å². The fourth-order valence-electron chi connectivity index (χ4n) is 1.54. The molecule has 0 fully saturated rings. The number of aromatic nitrogens is 1. The summed E-state index contributed by atoms with van der Waals surface area (Å²) in [5.41, 5.74) is 8.70. The van der Waals surface area contributed by atoms with Gasteiger partial charge in [-0.15, -0.1) is 11.3 Å². The van der Waals surface area contributed by atoms with Crippen molar-refractivity contribution in [3.05, 3.63) is 40.3 Å². The van der Waals surface area contributed by atoms with E-state index in [-0.39, 0.29) is 5.91 Å². The van der Waals surface area contributed by atoms with Crippen LogP contribution in [0.5, 0.6) is 5.75 Å². The highest BCUT2D eigenvalue weighted by Crippen LogP contribution is 2.14. The number of carbonyl (C=O) groups is 1. The van der Waals surface area contributed by atoms with Gasteiger partial charge >= 0.3 is 0 Å². The van der Waals surface area contributed by atoms with Crippen LogP contribution in [0.15, 0.2) is 29.8 Å². The van der Waals surface area contributed by atoms with Crippen LogP contribution < -0.4 is 15.8 Å². The van der Waals surface area contributed by atoms with Crippen molar-refractivity contribution in [1.29, 1.82) is 0 Å². The van der Waals surface area contributed by atoms with Gasteiger partial charge in [-0.2, -0.15) is 0 Å². The van der Waals surface area contributed by atoms with Gasteiger partial charge in [0.25, 0.3) is 5.91 Å². The molecule has 100 valence electrons. The highest BCUT2D eigenvalue weighted by molar-refractivity contribution is 7.11. The van der Waals surface area contributed by atoms with E-state index in [1.807, 2.05) is 19.1 Å². The normalized spacial score (nSPS) is 10.2. The van der Waals surface area contributed by atoms with Gasteiger partial charge in [0.1, 0.15) is 17.2 Å². The third kappa shape index (κ3) is 3.69. The molecule has 1 heterocycles. The van der Waals surface area contributed by atoms with Crippen molar-refractivity contribution in [1.82, 2.24) is 10.3 Å². The van der Waals surface area contributed by atoms with Gasteiger partial charge in [-0.05, 0) is 19.1 Å². The maximum absolute atomic E-state index is 11.8. The van der Waals surface area contributed by atoms with Crippen molar-refractivity contribution >= 4 is 22.9 Å². The first kappa shape index (κ1) is 13.4. The first-order valence-corrected chi connectivity index (χ1v) is 6.71. The Morgan fingerprint density at radius 2 is 2.37 bits per heavy atom. The number of amides is 1. The third-order valence-electron chi connectivity index (χ3n) is 2.47. The summed E-state index contributed by atoms with van der Waals surface area (Å²) >= 11 is 1.33. The number of nitrogens with two attached hydrogens (primary N) is 1. The summed E-state index contributed by atoms with van der Waals surface area (Å²) in [6.45, 7) is 2.65. The number of hydrogen-bond donors (Lipinski definition) is 2. The lowest BCUT2D eigenvalue weighted by molar-refractivity contribution is 0.0950. The summed E-state index contributed by atoms with van der Waals surface area (Å²) in [5, 5.41) is 2.79.